The van der Waals surface area contributed by atoms with E-state index in [9.17, 15) is 22.0 Å². The monoisotopic (exact) mass is 484 g/mol. The topological polar surface area (TPSA) is 43.6 Å². The first-order valence-electron chi connectivity index (χ1n) is 10.1. The van der Waals surface area contributed by atoms with E-state index in [1.165, 1.54) is 0 Å². The number of fused-ring (bicyclic) bond motifs is 1. The molecule has 34 heavy (non-hydrogen) atoms. The Morgan fingerprint density at radius 1 is 0.706 bits per heavy atom. The molecule has 4 aromatic carbocycles. The van der Waals surface area contributed by atoms with E-state index in [1.54, 1.807) is 0 Å². The Kier molecular flexibility index (Phi) is 5.79. The fourth-order valence-corrected chi connectivity index (χ4v) is 4.93. The fourth-order valence-electron chi connectivity index (χ4n) is 3.72. The van der Waals surface area contributed by atoms with Crippen molar-refractivity contribution in [1.82, 2.24) is 20.2 Å². The van der Waals surface area contributed by atoms with Crippen LogP contribution in [-0.4, -0.2) is 20.2 Å². The number of rotatable bonds is 5. The van der Waals surface area contributed by atoms with E-state index in [1.807, 2.05) is 66.7 Å². The molecule has 0 radical (unpaired) electrons. The minimum atomic E-state index is -2.21. The maximum Gasteiger partial charge on any atom is 0.200 e. The zero-order valence-corrected chi connectivity index (χ0v) is 18.2. The molecule has 0 spiro atoms. The molecule has 1 heterocycles. The maximum atomic E-state index is 14.3. The lowest BCUT2D eigenvalue weighted by molar-refractivity contribution is 0.366. The molecule has 0 aliphatic rings. The number of aromatic nitrogens is 4. The first kappa shape index (κ1) is 22.1. The van der Waals surface area contributed by atoms with Crippen LogP contribution in [0.3, 0.4) is 0 Å². The standard InChI is InChI=1S/C24H14F5N4P/c25-19-16(20(26)22(28)23(29)21(19)27)12-33-24(30-31-32-33)18-15-9-5-4-6-13(15)10-11-17(18)34-14-7-2-1-3-8-14/h1-11,34H,12H2. The highest BCUT2D eigenvalue weighted by Gasteiger charge is 2.27. The Bertz CT molecular complexity index is 1490. The van der Waals surface area contributed by atoms with Crippen molar-refractivity contribution < 1.29 is 22.0 Å². The van der Waals surface area contributed by atoms with Gasteiger partial charge in [0.1, 0.15) is 0 Å². The van der Waals surface area contributed by atoms with E-state index >= 15 is 0 Å². The number of halogens is 5. The maximum absolute atomic E-state index is 14.3. The van der Waals surface area contributed by atoms with Crippen molar-refractivity contribution in [3.8, 4) is 11.4 Å². The van der Waals surface area contributed by atoms with Crippen molar-refractivity contribution in [2.24, 2.45) is 0 Å². The van der Waals surface area contributed by atoms with Crippen LogP contribution in [0.25, 0.3) is 22.2 Å². The van der Waals surface area contributed by atoms with Crippen LogP contribution < -0.4 is 10.6 Å². The lowest BCUT2D eigenvalue weighted by Crippen LogP contribution is -2.15. The number of tetrazole rings is 1. The van der Waals surface area contributed by atoms with E-state index in [4.69, 9.17) is 0 Å². The van der Waals surface area contributed by atoms with Crippen LogP contribution in [0.2, 0.25) is 0 Å². The van der Waals surface area contributed by atoms with Gasteiger partial charge in [-0.05, 0) is 31.8 Å². The van der Waals surface area contributed by atoms with Gasteiger partial charge in [-0.1, -0.05) is 75.3 Å². The zero-order valence-electron chi connectivity index (χ0n) is 17.2. The lowest BCUT2D eigenvalue weighted by Gasteiger charge is -2.14. The number of nitrogens with zero attached hydrogens (tertiary/aromatic N) is 4. The van der Waals surface area contributed by atoms with Crippen molar-refractivity contribution in [1.29, 1.82) is 0 Å². The van der Waals surface area contributed by atoms with Gasteiger partial charge in [0.25, 0.3) is 0 Å². The van der Waals surface area contributed by atoms with Crippen LogP contribution in [0.5, 0.6) is 0 Å². The molecule has 4 nitrogen and oxygen atoms in total. The molecular weight excluding hydrogens is 470 g/mol. The van der Waals surface area contributed by atoms with Gasteiger partial charge in [-0.25, -0.2) is 26.6 Å². The average Bonchev–Trinajstić information content (AvgIpc) is 3.32. The highest BCUT2D eigenvalue weighted by molar-refractivity contribution is 7.55. The normalized spacial score (nSPS) is 11.7. The highest BCUT2D eigenvalue weighted by atomic mass is 31.1. The third kappa shape index (κ3) is 3.82. The van der Waals surface area contributed by atoms with E-state index in [2.05, 4.69) is 15.5 Å². The van der Waals surface area contributed by atoms with Gasteiger partial charge in [0.05, 0.1) is 12.1 Å². The fraction of sp³-hybridized carbons (Fsp3) is 0.0417. The SMILES string of the molecule is Fc1c(F)c(F)c(Cn2nnnc2-c2c(Pc3ccccc3)ccc3ccccc23)c(F)c1F. The van der Waals surface area contributed by atoms with Crippen molar-refractivity contribution in [2.45, 2.75) is 6.54 Å². The predicted octanol–water partition coefficient (Wildman–Crippen LogP) is 4.87. The molecule has 1 atom stereocenters. The molecule has 170 valence electrons. The summed E-state index contributed by atoms with van der Waals surface area (Å²) in [5.74, 6) is -9.92. The summed E-state index contributed by atoms with van der Waals surface area (Å²) >= 11 is 0. The minimum absolute atomic E-state index is 0.152. The second-order valence-electron chi connectivity index (χ2n) is 7.41. The summed E-state index contributed by atoms with van der Waals surface area (Å²) in [6.45, 7) is -0.745. The van der Waals surface area contributed by atoms with Gasteiger partial charge < -0.3 is 0 Å². The summed E-state index contributed by atoms with van der Waals surface area (Å²) in [6, 6.07) is 21.0. The zero-order chi connectivity index (χ0) is 23.8. The van der Waals surface area contributed by atoms with Crippen molar-refractivity contribution >= 4 is 30.0 Å². The molecule has 0 saturated heterocycles. The molecule has 0 amide bonds. The molecule has 0 fully saturated rings. The summed E-state index contributed by atoms with van der Waals surface area (Å²) in [6.07, 6.45) is 0. The Labute approximate surface area is 191 Å². The van der Waals surface area contributed by atoms with Gasteiger partial charge in [0.2, 0.25) is 5.82 Å². The van der Waals surface area contributed by atoms with Crippen LogP contribution in [0, 0.1) is 29.1 Å². The predicted molar refractivity (Wildman–Crippen MR) is 120 cm³/mol. The summed E-state index contributed by atoms with van der Waals surface area (Å²) in [5.41, 5.74) is -0.397. The third-order valence-electron chi connectivity index (χ3n) is 5.35. The Morgan fingerprint density at radius 2 is 1.35 bits per heavy atom. The van der Waals surface area contributed by atoms with Crippen molar-refractivity contribution in [3.63, 3.8) is 0 Å². The molecule has 5 aromatic rings. The molecule has 5 rings (SSSR count). The second kappa shape index (κ2) is 8.91. The van der Waals surface area contributed by atoms with Crippen LogP contribution in [0.4, 0.5) is 22.0 Å². The molecular formula is C24H14F5N4P. The Hall–Kier alpha value is -3.71. The molecule has 1 unspecified atom stereocenters. The van der Waals surface area contributed by atoms with Crippen LogP contribution in [0.1, 0.15) is 5.56 Å². The lowest BCUT2D eigenvalue weighted by atomic mass is 10.0. The van der Waals surface area contributed by atoms with Crippen LogP contribution in [-0.2, 0) is 6.54 Å². The average molecular weight is 484 g/mol. The van der Waals surface area contributed by atoms with Crippen molar-refractivity contribution in [2.75, 3.05) is 0 Å². The van der Waals surface area contributed by atoms with E-state index < -0.39 is 41.2 Å². The summed E-state index contributed by atoms with van der Waals surface area (Å²) in [5, 5.41) is 15.0. The van der Waals surface area contributed by atoms with Gasteiger partial charge in [-0.15, -0.1) is 5.10 Å². The third-order valence-corrected chi connectivity index (χ3v) is 6.65. The first-order chi connectivity index (χ1) is 16.5. The quantitative estimate of drug-likeness (QED) is 0.155. The molecule has 0 saturated carbocycles. The number of hydrogen-bond donors (Lipinski definition) is 0. The van der Waals surface area contributed by atoms with E-state index in [-0.39, 0.29) is 14.4 Å². The molecule has 0 aliphatic carbocycles. The van der Waals surface area contributed by atoms with Crippen LogP contribution >= 0.6 is 8.58 Å². The molecule has 0 bridgehead atoms. The molecule has 0 N–H and O–H groups in total. The van der Waals surface area contributed by atoms with Crippen molar-refractivity contribution in [3.05, 3.63) is 101 Å². The number of hydrogen-bond acceptors (Lipinski definition) is 3. The van der Waals surface area contributed by atoms with Gasteiger partial charge in [0, 0.05) is 5.56 Å². The van der Waals surface area contributed by atoms with E-state index in [0.717, 1.165) is 26.1 Å². The van der Waals surface area contributed by atoms with Gasteiger partial charge in [-0.2, -0.15) is 0 Å². The Balaban J connectivity index is 1.68. The summed E-state index contributed by atoms with van der Waals surface area (Å²) < 4.78 is 70.7. The van der Waals surface area contributed by atoms with Gasteiger partial charge >= 0.3 is 0 Å². The van der Waals surface area contributed by atoms with E-state index in [0.29, 0.717) is 5.56 Å². The van der Waals surface area contributed by atoms with Gasteiger partial charge in [-0.3, -0.25) is 0 Å². The van der Waals surface area contributed by atoms with Crippen LogP contribution in [0.15, 0.2) is 66.7 Å². The summed E-state index contributed by atoms with van der Waals surface area (Å²) in [7, 11) is 0.204. The second-order valence-corrected chi connectivity index (χ2v) is 8.77. The molecule has 0 aliphatic heterocycles. The largest absolute Gasteiger partial charge is 0.221 e. The summed E-state index contributed by atoms with van der Waals surface area (Å²) in [4.78, 5) is 0. The highest BCUT2D eigenvalue weighted by Crippen LogP contribution is 2.31. The van der Waals surface area contributed by atoms with Gasteiger partial charge in [0.15, 0.2) is 29.1 Å². The minimum Gasteiger partial charge on any atom is -0.221 e. The molecule has 1 aromatic heterocycles. The first-order valence-corrected chi connectivity index (χ1v) is 11.1. The smallest absolute Gasteiger partial charge is 0.200 e. The molecule has 10 heteroatoms. The number of benzene rings is 4. The Morgan fingerprint density at radius 3 is 2.09 bits per heavy atom.